The number of alkyl halides is 3. The second kappa shape index (κ2) is 9.25. The van der Waals surface area contributed by atoms with E-state index in [0.29, 0.717) is 18.0 Å². The number of ether oxygens (including phenoxy) is 1. The Morgan fingerprint density at radius 3 is 2.14 bits per heavy atom. The highest BCUT2D eigenvalue weighted by Crippen LogP contribution is 2.29. The van der Waals surface area contributed by atoms with Gasteiger partial charge in [-0.1, -0.05) is 0 Å². The molecule has 150 valence electrons. The molecule has 0 aliphatic rings. The van der Waals surface area contributed by atoms with Gasteiger partial charge in [-0.05, 0) is 55.5 Å². The van der Waals surface area contributed by atoms with E-state index in [1.807, 2.05) is 6.92 Å². The SMILES string of the molecule is CCOc1ccc(N(CCNC(=O)c2ccc(C(F)(F)F)cc2)C(C)=O)cc1. The number of anilines is 1. The molecule has 2 aromatic carbocycles. The van der Waals surface area contributed by atoms with Gasteiger partial charge in [-0.25, -0.2) is 0 Å². The minimum absolute atomic E-state index is 0.114. The normalized spacial score (nSPS) is 11.0. The van der Waals surface area contributed by atoms with Gasteiger partial charge in [0.05, 0.1) is 12.2 Å². The number of hydrogen-bond acceptors (Lipinski definition) is 3. The van der Waals surface area contributed by atoms with Gasteiger partial charge in [0.1, 0.15) is 5.75 Å². The van der Waals surface area contributed by atoms with Crippen LogP contribution in [0.4, 0.5) is 18.9 Å². The molecule has 0 saturated heterocycles. The zero-order valence-electron chi connectivity index (χ0n) is 15.5. The summed E-state index contributed by atoms with van der Waals surface area (Å²) in [5.74, 6) is -0.0257. The van der Waals surface area contributed by atoms with Crippen molar-refractivity contribution < 1.29 is 27.5 Å². The summed E-state index contributed by atoms with van der Waals surface area (Å²) in [6.45, 7) is 4.18. The Balaban J connectivity index is 1.95. The summed E-state index contributed by atoms with van der Waals surface area (Å²) in [4.78, 5) is 25.5. The van der Waals surface area contributed by atoms with Crippen molar-refractivity contribution in [3.63, 3.8) is 0 Å². The number of rotatable bonds is 7. The van der Waals surface area contributed by atoms with Crippen molar-refractivity contribution in [1.29, 1.82) is 0 Å². The Hall–Kier alpha value is -3.03. The molecule has 0 spiro atoms. The first-order valence-corrected chi connectivity index (χ1v) is 8.68. The lowest BCUT2D eigenvalue weighted by Crippen LogP contribution is -2.37. The molecule has 0 heterocycles. The summed E-state index contributed by atoms with van der Waals surface area (Å²) in [5, 5.41) is 2.61. The monoisotopic (exact) mass is 394 g/mol. The van der Waals surface area contributed by atoms with Crippen LogP contribution in [0.25, 0.3) is 0 Å². The number of hydrogen-bond donors (Lipinski definition) is 1. The molecular formula is C20H21F3N2O3. The molecule has 2 amide bonds. The van der Waals surface area contributed by atoms with Crippen LogP contribution in [-0.2, 0) is 11.0 Å². The van der Waals surface area contributed by atoms with Crippen LogP contribution in [0.3, 0.4) is 0 Å². The maximum atomic E-state index is 12.6. The van der Waals surface area contributed by atoms with Gasteiger partial charge in [-0.2, -0.15) is 13.2 Å². The minimum atomic E-state index is -4.45. The zero-order valence-corrected chi connectivity index (χ0v) is 15.5. The van der Waals surface area contributed by atoms with Crippen LogP contribution >= 0.6 is 0 Å². The molecule has 0 saturated carbocycles. The fourth-order valence-electron chi connectivity index (χ4n) is 2.55. The highest BCUT2D eigenvalue weighted by atomic mass is 19.4. The molecule has 0 aliphatic carbocycles. The molecule has 0 bridgehead atoms. The lowest BCUT2D eigenvalue weighted by Gasteiger charge is -2.21. The van der Waals surface area contributed by atoms with E-state index >= 15 is 0 Å². The van der Waals surface area contributed by atoms with Gasteiger partial charge in [0.2, 0.25) is 5.91 Å². The molecule has 8 heteroatoms. The van der Waals surface area contributed by atoms with E-state index in [4.69, 9.17) is 4.74 Å². The Morgan fingerprint density at radius 1 is 1.04 bits per heavy atom. The molecular weight excluding hydrogens is 373 g/mol. The van der Waals surface area contributed by atoms with E-state index in [1.54, 1.807) is 24.3 Å². The van der Waals surface area contributed by atoms with Crippen molar-refractivity contribution in [2.24, 2.45) is 0 Å². The fraction of sp³-hybridized carbons (Fsp3) is 0.300. The summed E-state index contributed by atoms with van der Waals surface area (Å²) >= 11 is 0. The molecule has 2 aromatic rings. The van der Waals surface area contributed by atoms with Crippen molar-refractivity contribution in [2.75, 3.05) is 24.6 Å². The summed E-state index contributed by atoms with van der Waals surface area (Å²) in [6.07, 6.45) is -4.45. The van der Waals surface area contributed by atoms with Gasteiger partial charge >= 0.3 is 6.18 Å². The van der Waals surface area contributed by atoms with Crippen molar-refractivity contribution in [1.82, 2.24) is 5.32 Å². The lowest BCUT2D eigenvalue weighted by atomic mass is 10.1. The first-order valence-electron chi connectivity index (χ1n) is 8.68. The highest BCUT2D eigenvalue weighted by molar-refractivity contribution is 5.94. The molecule has 0 unspecified atom stereocenters. The predicted octanol–water partition coefficient (Wildman–Crippen LogP) is 3.89. The third-order valence-electron chi connectivity index (χ3n) is 3.93. The Morgan fingerprint density at radius 2 is 1.64 bits per heavy atom. The number of halogens is 3. The second-order valence-corrected chi connectivity index (χ2v) is 5.93. The van der Waals surface area contributed by atoms with E-state index in [0.717, 1.165) is 24.3 Å². The molecule has 28 heavy (non-hydrogen) atoms. The molecule has 0 radical (unpaired) electrons. The molecule has 5 nitrogen and oxygen atoms in total. The zero-order chi connectivity index (χ0) is 20.7. The molecule has 0 aromatic heterocycles. The number of nitrogens with zero attached hydrogens (tertiary/aromatic N) is 1. The van der Waals surface area contributed by atoms with E-state index in [9.17, 15) is 22.8 Å². The van der Waals surface area contributed by atoms with Crippen LogP contribution in [0.1, 0.15) is 29.8 Å². The van der Waals surface area contributed by atoms with E-state index in [2.05, 4.69) is 5.32 Å². The third kappa shape index (κ3) is 5.73. The highest BCUT2D eigenvalue weighted by Gasteiger charge is 2.30. The lowest BCUT2D eigenvalue weighted by molar-refractivity contribution is -0.137. The molecule has 0 aliphatic heterocycles. The number of carbonyl (C=O) groups is 2. The van der Waals surface area contributed by atoms with E-state index < -0.39 is 17.6 Å². The largest absolute Gasteiger partial charge is 0.494 e. The Labute approximate surface area is 161 Å². The number of amides is 2. The van der Waals surface area contributed by atoms with Crippen LogP contribution in [0.2, 0.25) is 0 Å². The third-order valence-corrected chi connectivity index (χ3v) is 3.93. The maximum absolute atomic E-state index is 12.6. The van der Waals surface area contributed by atoms with Gasteiger partial charge in [0.15, 0.2) is 0 Å². The van der Waals surface area contributed by atoms with Crippen molar-refractivity contribution in [2.45, 2.75) is 20.0 Å². The molecule has 0 fully saturated rings. The standard InChI is InChI=1S/C20H21F3N2O3/c1-3-28-18-10-8-17(9-11-18)25(14(2)26)13-12-24-19(27)15-4-6-16(7-5-15)20(21,22)23/h4-11H,3,12-13H2,1-2H3,(H,24,27). The molecule has 2 rings (SSSR count). The first kappa shape index (κ1) is 21.3. The topological polar surface area (TPSA) is 58.6 Å². The maximum Gasteiger partial charge on any atom is 0.416 e. The average molecular weight is 394 g/mol. The summed E-state index contributed by atoms with van der Waals surface area (Å²) in [6, 6.07) is 10.9. The van der Waals surface area contributed by atoms with Gasteiger partial charge < -0.3 is 15.0 Å². The number of nitrogens with one attached hydrogen (secondary N) is 1. The van der Waals surface area contributed by atoms with Crippen molar-refractivity contribution in [3.05, 3.63) is 59.7 Å². The summed E-state index contributed by atoms with van der Waals surface area (Å²) < 4.78 is 43.1. The predicted molar refractivity (Wildman–Crippen MR) is 99.4 cm³/mol. The Kier molecular flexibility index (Phi) is 7.03. The second-order valence-electron chi connectivity index (χ2n) is 5.93. The number of benzene rings is 2. The van der Waals surface area contributed by atoms with Gasteiger partial charge in [0, 0.05) is 31.3 Å². The summed E-state index contributed by atoms with van der Waals surface area (Å²) in [7, 11) is 0. The Bertz CT molecular complexity index is 803. The van der Waals surface area contributed by atoms with E-state index in [-0.39, 0.29) is 24.6 Å². The van der Waals surface area contributed by atoms with Crippen LogP contribution in [-0.4, -0.2) is 31.5 Å². The van der Waals surface area contributed by atoms with Gasteiger partial charge in [-0.15, -0.1) is 0 Å². The first-order chi connectivity index (χ1) is 13.2. The fourth-order valence-corrected chi connectivity index (χ4v) is 2.55. The van der Waals surface area contributed by atoms with Crippen molar-refractivity contribution in [3.8, 4) is 5.75 Å². The van der Waals surface area contributed by atoms with Gasteiger partial charge in [-0.3, -0.25) is 9.59 Å². The van der Waals surface area contributed by atoms with Crippen LogP contribution in [0, 0.1) is 0 Å². The average Bonchev–Trinajstić information content (AvgIpc) is 2.65. The van der Waals surface area contributed by atoms with Crippen molar-refractivity contribution >= 4 is 17.5 Å². The minimum Gasteiger partial charge on any atom is -0.494 e. The quantitative estimate of drug-likeness (QED) is 0.775. The van der Waals surface area contributed by atoms with Crippen LogP contribution in [0.5, 0.6) is 5.75 Å². The number of carbonyl (C=O) groups excluding carboxylic acids is 2. The van der Waals surface area contributed by atoms with Crippen LogP contribution in [0.15, 0.2) is 48.5 Å². The molecule has 0 atom stereocenters. The van der Waals surface area contributed by atoms with E-state index in [1.165, 1.54) is 11.8 Å². The molecule has 1 N–H and O–H groups in total. The van der Waals surface area contributed by atoms with Gasteiger partial charge in [0.25, 0.3) is 5.91 Å². The van der Waals surface area contributed by atoms with Crippen LogP contribution < -0.4 is 15.0 Å². The summed E-state index contributed by atoms with van der Waals surface area (Å²) in [5.41, 5.74) is -0.0505. The smallest absolute Gasteiger partial charge is 0.416 e.